The Hall–Kier alpha value is -0.200. The predicted molar refractivity (Wildman–Crippen MR) is 38.8 cm³/mol. The van der Waals surface area contributed by atoms with Gasteiger partial charge in [-0.15, -0.1) is 5.10 Å². The van der Waals surface area contributed by atoms with Crippen molar-refractivity contribution in [3.8, 4) is 0 Å². The van der Waals surface area contributed by atoms with E-state index in [0.29, 0.717) is 6.04 Å². The maximum atomic E-state index is 3.83. The van der Waals surface area contributed by atoms with E-state index >= 15 is 0 Å². The summed E-state index contributed by atoms with van der Waals surface area (Å²) < 4.78 is 2.77. The molecule has 0 aliphatic heterocycles. The van der Waals surface area contributed by atoms with Crippen LogP contribution in [0, 0.1) is 3.83 Å². The van der Waals surface area contributed by atoms with Gasteiger partial charge in [0.05, 0.1) is 6.04 Å². The Bertz CT molecular complexity index is 216. The van der Waals surface area contributed by atoms with Crippen LogP contribution in [0.25, 0.3) is 0 Å². The summed E-state index contributed by atoms with van der Waals surface area (Å²) in [4.78, 5) is 0. The molecule has 0 saturated heterocycles. The van der Waals surface area contributed by atoms with Gasteiger partial charge in [-0.3, -0.25) is 0 Å². The van der Waals surface area contributed by atoms with Crippen molar-refractivity contribution in [2.24, 2.45) is 0 Å². The van der Waals surface area contributed by atoms with Crippen LogP contribution in [0.15, 0.2) is 0 Å². The molecule has 0 N–H and O–H groups in total. The average Bonchev–Trinajstić information content (AvgIpc) is 2.58. The van der Waals surface area contributed by atoms with Crippen molar-refractivity contribution in [2.75, 3.05) is 0 Å². The van der Waals surface area contributed by atoms with Gasteiger partial charge in [-0.1, -0.05) is 0 Å². The van der Waals surface area contributed by atoms with Crippen molar-refractivity contribution < 1.29 is 0 Å². The monoisotopic (exact) mass is 236 g/mol. The Labute approximate surface area is 65.8 Å². The summed E-state index contributed by atoms with van der Waals surface area (Å²) in [5, 5.41) is 11.1. The zero-order valence-corrected chi connectivity index (χ0v) is 6.82. The van der Waals surface area contributed by atoms with Gasteiger partial charge in [0.15, 0.2) is 0 Å². The minimum absolute atomic E-state index is 0.604. The van der Waals surface area contributed by atoms with Gasteiger partial charge in [-0.25, -0.2) is 4.68 Å². The van der Waals surface area contributed by atoms with E-state index in [1.54, 1.807) is 0 Å². The first-order valence-corrected chi connectivity index (χ1v) is 3.89. The van der Waals surface area contributed by atoms with E-state index in [4.69, 9.17) is 0 Å². The molecule has 0 spiro atoms. The summed E-state index contributed by atoms with van der Waals surface area (Å²) in [5.41, 5.74) is 0. The highest BCUT2D eigenvalue weighted by Gasteiger charge is 2.26. The van der Waals surface area contributed by atoms with Crippen LogP contribution in [-0.2, 0) is 0 Å². The molecule has 4 nitrogen and oxygen atoms in total. The molecule has 0 radical (unpaired) electrons. The predicted octanol–water partition coefficient (Wildman–Crippen LogP) is 0.613. The van der Waals surface area contributed by atoms with Crippen molar-refractivity contribution in [1.29, 1.82) is 0 Å². The van der Waals surface area contributed by atoms with Gasteiger partial charge in [0.25, 0.3) is 0 Å². The molecule has 0 amide bonds. The fourth-order valence-electron chi connectivity index (χ4n) is 0.726. The quantitative estimate of drug-likeness (QED) is 0.671. The van der Waals surface area contributed by atoms with Crippen molar-refractivity contribution >= 4 is 22.6 Å². The van der Waals surface area contributed by atoms with Crippen molar-refractivity contribution in [3.05, 3.63) is 3.83 Å². The summed E-state index contributed by atoms with van der Waals surface area (Å²) in [7, 11) is 0. The van der Waals surface area contributed by atoms with E-state index in [2.05, 4.69) is 38.1 Å². The largest absolute Gasteiger partial charge is 0.218 e. The van der Waals surface area contributed by atoms with Crippen LogP contribution in [0.1, 0.15) is 18.9 Å². The zero-order chi connectivity index (χ0) is 6.27. The first kappa shape index (κ1) is 5.57. The molecule has 1 fully saturated rings. The van der Waals surface area contributed by atoms with Gasteiger partial charge in [-0.05, 0) is 23.3 Å². The van der Waals surface area contributed by atoms with Crippen molar-refractivity contribution in [2.45, 2.75) is 18.9 Å². The lowest BCUT2D eigenvalue weighted by Crippen LogP contribution is -1.98. The average molecular weight is 236 g/mol. The molecule has 1 aromatic rings. The molecule has 1 aromatic heterocycles. The highest BCUT2D eigenvalue weighted by Crippen LogP contribution is 2.34. The van der Waals surface area contributed by atoms with E-state index in [-0.39, 0.29) is 0 Å². The molecule has 0 unspecified atom stereocenters. The van der Waals surface area contributed by atoms with Gasteiger partial charge < -0.3 is 0 Å². The molecule has 5 heteroatoms. The number of tetrazole rings is 1. The number of aromatic nitrogens is 4. The third-order valence-corrected chi connectivity index (χ3v) is 2.06. The molecule has 2 rings (SSSR count). The molecule has 48 valence electrons. The highest BCUT2D eigenvalue weighted by molar-refractivity contribution is 14.1. The van der Waals surface area contributed by atoms with Gasteiger partial charge >= 0.3 is 0 Å². The normalized spacial score (nSPS) is 18.3. The maximum Gasteiger partial charge on any atom is 0.212 e. The Morgan fingerprint density at radius 1 is 1.56 bits per heavy atom. The standard InChI is InChI=1S/C4H5IN4/c5-4-6-7-8-9(4)3-1-2-3/h3H,1-2H2. The SMILES string of the molecule is Ic1nnnn1C1CC1. The van der Waals surface area contributed by atoms with E-state index in [9.17, 15) is 0 Å². The van der Waals surface area contributed by atoms with Crippen LogP contribution >= 0.6 is 22.6 Å². The third-order valence-electron chi connectivity index (χ3n) is 1.35. The Morgan fingerprint density at radius 2 is 2.33 bits per heavy atom. The second-order valence-corrected chi connectivity index (χ2v) is 3.09. The smallest absolute Gasteiger partial charge is 0.212 e. The lowest BCUT2D eigenvalue weighted by Gasteiger charge is -1.91. The topological polar surface area (TPSA) is 43.6 Å². The number of hydrogen-bond acceptors (Lipinski definition) is 3. The lowest BCUT2D eigenvalue weighted by atomic mass is 10.7. The van der Waals surface area contributed by atoms with Crippen molar-refractivity contribution in [1.82, 2.24) is 20.2 Å². The van der Waals surface area contributed by atoms with Crippen LogP contribution < -0.4 is 0 Å². The first-order chi connectivity index (χ1) is 4.38. The summed E-state index contributed by atoms with van der Waals surface area (Å²) in [6.45, 7) is 0. The number of rotatable bonds is 1. The van der Waals surface area contributed by atoms with Crippen LogP contribution in [-0.4, -0.2) is 20.2 Å². The minimum Gasteiger partial charge on any atom is -0.218 e. The molecule has 9 heavy (non-hydrogen) atoms. The molecule has 1 heterocycles. The van der Waals surface area contributed by atoms with Crippen LogP contribution in [0.4, 0.5) is 0 Å². The zero-order valence-electron chi connectivity index (χ0n) is 4.66. The van der Waals surface area contributed by atoms with E-state index in [0.717, 1.165) is 3.83 Å². The summed E-state index contributed by atoms with van der Waals surface area (Å²) in [6.07, 6.45) is 2.47. The second-order valence-electron chi connectivity index (χ2n) is 2.12. The minimum atomic E-state index is 0.604. The molecule has 1 aliphatic carbocycles. The van der Waals surface area contributed by atoms with Crippen LogP contribution in [0.2, 0.25) is 0 Å². The Kier molecular flexibility index (Phi) is 1.17. The lowest BCUT2D eigenvalue weighted by molar-refractivity contribution is 0.598. The molecule has 1 saturated carbocycles. The first-order valence-electron chi connectivity index (χ1n) is 2.81. The molecular formula is C4H5IN4. The Balaban J connectivity index is 2.35. The van der Waals surface area contributed by atoms with Crippen LogP contribution in [0.3, 0.4) is 0 Å². The maximum absolute atomic E-state index is 3.83. The number of halogens is 1. The molecule has 0 bridgehead atoms. The van der Waals surface area contributed by atoms with Gasteiger partial charge in [0, 0.05) is 22.6 Å². The summed E-state index contributed by atoms with van der Waals surface area (Å²) >= 11 is 2.14. The van der Waals surface area contributed by atoms with Gasteiger partial charge in [-0.2, -0.15) is 0 Å². The Morgan fingerprint density at radius 3 is 2.78 bits per heavy atom. The fraction of sp³-hybridized carbons (Fsp3) is 0.750. The van der Waals surface area contributed by atoms with Gasteiger partial charge in [0.1, 0.15) is 0 Å². The van der Waals surface area contributed by atoms with E-state index < -0.39 is 0 Å². The van der Waals surface area contributed by atoms with E-state index in [1.165, 1.54) is 12.8 Å². The fourth-order valence-corrected chi connectivity index (χ4v) is 1.31. The summed E-state index contributed by atoms with van der Waals surface area (Å²) in [6, 6.07) is 0.604. The number of hydrogen-bond donors (Lipinski definition) is 0. The summed E-state index contributed by atoms with van der Waals surface area (Å²) in [5.74, 6) is 0. The highest BCUT2D eigenvalue weighted by atomic mass is 127. The van der Waals surface area contributed by atoms with Gasteiger partial charge in [0.2, 0.25) is 3.83 Å². The molecular weight excluding hydrogens is 231 g/mol. The third kappa shape index (κ3) is 0.930. The number of nitrogens with zero attached hydrogens (tertiary/aromatic N) is 4. The second kappa shape index (κ2) is 1.89. The van der Waals surface area contributed by atoms with Crippen molar-refractivity contribution in [3.63, 3.8) is 0 Å². The molecule has 0 atom stereocenters. The van der Waals surface area contributed by atoms with E-state index in [1.807, 2.05) is 4.68 Å². The van der Waals surface area contributed by atoms with Crippen LogP contribution in [0.5, 0.6) is 0 Å². The molecule has 0 aromatic carbocycles. The molecule has 1 aliphatic rings.